The van der Waals surface area contributed by atoms with Crippen LogP contribution in [-0.2, 0) is 0 Å². The molecule has 0 aromatic carbocycles. The van der Waals surface area contributed by atoms with E-state index in [0.717, 1.165) is 3.79 Å². The molecule has 0 saturated heterocycles. The van der Waals surface area contributed by atoms with Crippen molar-refractivity contribution in [3.63, 3.8) is 0 Å². The highest BCUT2D eigenvalue weighted by Gasteiger charge is 2.11. The maximum Gasteiger partial charge on any atom is 0.119 e. The van der Waals surface area contributed by atoms with Crippen LogP contribution in [0.25, 0.3) is 0 Å². The largest absolute Gasteiger partial charge is 0.289 e. The van der Waals surface area contributed by atoms with Gasteiger partial charge in [0, 0.05) is 4.88 Å². The molecular weight excluding hydrogens is 246 g/mol. The Labute approximate surface area is 84.1 Å². The van der Waals surface area contributed by atoms with Crippen molar-refractivity contribution in [2.75, 3.05) is 14.1 Å². The first-order valence-corrected chi connectivity index (χ1v) is 5.21. The van der Waals surface area contributed by atoms with Crippen molar-refractivity contribution in [2.45, 2.75) is 5.50 Å². The maximum atomic E-state index is 6.07. The van der Waals surface area contributed by atoms with Gasteiger partial charge in [0.05, 0.1) is 3.79 Å². The van der Waals surface area contributed by atoms with Crippen LogP contribution in [0.15, 0.2) is 15.9 Å². The number of halogens is 2. The van der Waals surface area contributed by atoms with Gasteiger partial charge < -0.3 is 0 Å². The Morgan fingerprint density at radius 2 is 2.18 bits per heavy atom. The first kappa shape index (κ1) is 9.52. The fraction of sp³-hybridized carbons (Fsp3) is 0.429. The summed E-state index contributed by atoms with van der Waals surface area (Å²) >= 11 is 11.1. The molecule has 1 unspecified atom stereocenters. The van der Waals surface area contributed by atoms with Crippen LogP contribution in [0.3, 0.4) is 0 Å². The van der Waals surface area contributed by atoms with Gasteiger partial charge in [-0.3, -0.25) is 4.90 Å². The third-order valence-electron chi connectivity index (χ3n) is 1.28. The molecule has 0 amide bonds. The average Bonchev–Trinajstić information content (AvgIpc) is 2.34. The number of hydrogen-bond donors (Lipinski definition) is 0. The fourth-order valence-corrected chi connectivity index (χ4v) is 2.42. The molecule has 0 aliphatic carbocycles. The van der Waals surface area contributed by atoms with Crippen molar-refractivity contribution in [2.24, 2.45) is 0 Å². The third-order valence-corrected chi connectivity index (χ3v) is 3.71. The summed E-state index contributed by atoms with van der Waals surface area (Å²) in [6.07, 6.45) is 0. The second-order valence-corrected chi connectivity index (χ2v) is 5.35. The number of hydrogen-bond acceptors (Lipinski definition) is 2. The number of rotatable bonds is 2. The van der Waals surface area contributed by atoms with E-state index in [9.17, 15) is 0 Å². The van der Waals surface area contributed by atoms with E-state index >= 15 is 0 Å². The van der Waals surface area contributed by atoms with Crippen LogP contribution in [0.5, 0.6) is 0 Å². The van der Waals surface area contributed by atoms with Crippen molar-refractivity contribution < 1.29 is 0 Å². The topological polar surface area (TPSA) is 3.24 Å². The Morgan fingerprint density at radius 1 is 1.55 bits per heavy atom. The van der Waals surface area contributed by atoms with Crippen molar-refractivity contribution in [3.05, 3.63) is 20.8 Å². The Hall–Kier alpha value is 0.430. The standard InChI is InChI=1S/C7H9BrClNS/c1-10(2)7(9)5-3-4-6(8)11-5/h3-4,7H,1-2H3. The minimum absolute atomic E-state index is 0.00806. The quantitative estimate of drug-likeness (QED) is 0.578. The monoisotopic (exact) mass is 253 g/mol. The number of alkyl halides is 1. The van der Waals surface area contributed by atoms with Gasteiger partial charge in [-0.2, -0.15) is 0 Å². The molecule has 0 aliphatic rings. The Bertz CT molecular complexity index is 236. The number of thiophene rings is 1. The van der Waals surface area contributed by atoms with E-state index in [1.807, 2.05) is 31.1 Å². The zero-order valence-electron chi connectivity index (χ0n) is 6.34. The maximum absolute atomic E-state index is 6.07. The van der Waals surface area contributed by atoms with Gasteiger partial charge in [-0.05, 0) is 42.2 Å². The summed E-state index contributed by atoms with van der Waals surface area (Å²) in [6, 6.07) is 4.05. The van der Waals surface area contributed by atoms with E-state index in [-0.39, 0.29) is 5.50 Å². The summed E-state index contributed by atoms with van der Waals surface area (Å²) in [5.41, 5.74) is -0.00806. The average molecular weight is 255 g/mol. The van der Waals surface area contributed by atoms with Gasteiger partial charge in [0.15, 0.2) is 0 Å². The Balaban J connectivity index is 2.76. The smallest absolute Gasteiger partial charge is 0.119 e. The van der Waals surface area contributed by atoms with E-state index in [0.29, 0.717) is 0 Å². The lowest BCUT2D eigenvalue weighted by Crippen LogP contribution is -2.13. The molecule has 0 saturated carbocycles. The Morgan fingerprint density at radius 3 is 2.55 bits per heavy atom. The van der Waals surface area contributed by atoms with E-state index in [1.54, 1.807) is 11.3 Å². The predicted octanol–water partition coefficient (Wildman–Crippen LogP) is 3.31. The minimum atomic E-state index is -0.00806. The van der Waals surface area contributed by atoms with E-state index in [4.69, 9.17) is 11.6 Å². The van der Waals surface area contributed by atoms with Gasteiger partial charge in [0.2, 0.25) is 0 Å². The first-order chi connectivity index (χ1) is 5.11. The highest BCUT2D eigenvalue weighted by molar-refractivity contribution is 9.11. The molecule has 1 heterocycles. The molecule has 0 N–H and O–H groups in total. The highest BCUT2D eigenvalue weighted by atomic mass is 79.9. The second-order valence-electron chi connectivity index (χ2n) is 2.44. The van der Waals surface area contributed by atoms with Gasteiger partial charge in [-0.15, -0.1) is 11.3 Å². The lowest BCUT2D eigenvalue weighted by atomic mass is 10.4. The molecule has 11 heavy (non-hydrogen) atoms. The van der Waals surface area contributed by atoms with Crippen molar-refractivity contribution in [1.29, 1.82) is 0 Å². The zero-order valence-corrected chi connectivity index (χ0v) is 9.50. The molecule has 4 heteroatoms. The normalized spacial score (nSPS) is 13.9. The summed E-state index contributed by atoms with van der Waals surface area (Å²) in [6.45, 7) is 0. The molecular formula is C7H9BrClNS. The van der Waals surface area contributed by atoms with E-state index in [1.165, 1.54) is 4.88 Å². The third kappa shape index (κ3) is 2.44. The van der Waals surface area contributed by atoms with E-state index in [2.05, 4.69) is 15.9 Å². The van der Waals surface area contributed by atoms with Gasteiger partial charge in [0.25, 0.3) is 0 Å². The van der Waals surface area contributed by atoms with Crippen LogP contribution in [0.4, 0.5) is 0 Å². The molecule has 0 fully saturated rings. The molecule has 0 radical (unpaired) electrons. The van der Waals surface area contributed by atoms with Crippen molar-refractivity contribution in [1.82, 2.24) is 4.90 Å². The van der Waals surface area contributed by atoms with Crippen LogP contribution in [0, 0.1) is 0 Å². The van der Waals surface area contributed by atoms with Crippen LogP contribution >= 0.6 is 38.9 Å². The van der Waals surface area contributed by atoms with Crippen LogP contribution in [0.1, 0.15) is 10.4 Å². The number of nitrogens with zero attached hydrogens (tertiary/aromatic N) is 1. The molecule has 1 aromatic heterocycles. The second kappa shape index (κ2) is 3.90. The SMILES string of the molecule is CN(C)C(Cl)c1ccc(Br)s1. The summed E-state index contributed by atoms with van der Waals surface area (Å²) in [7, 11) is 3.93. The summed E-state index contributed by atoms with van der Waals surface area (Å²) < 4.78 is 1.13. The van der Waals surface area contributed by atoms with Crippen molar-refractivity contribution in [3.8, 4) is 0 Å². The lowest BCUT2D eigenvalue weighted by molar-refractivity contribution is 0.389. The van der Waals surface area contributed by atoms with E-state index < -0.39 is 0 Å². The molecule has 0 spiro atoms. The molecule has 1 atom stereocenters. The van der Waals surface area contributed by atoms with Crippen LogP contribution in [0.2, 0.25) is 0 Å². The lowest BCUT2D eigenvalue weighted by Gasteiger charge is -2.15. The van der Waals surface area contributed by atoms with Gasteiger partial charge in [0.1, 0.15) is 5.50 Å². The van der Waals surface area contributed by atoms with Gasteiger partial charge in [-0.25, -0.2) is 0 Å². The Kier molecular flexibility index (Phi) is 3.37. The summed E-state index contributed by atoms with van der Waals surface area (Å²) in [4.78, 5) is 3.14. The molecule has 0 aliphatic heterocycles. The minimum Gasteiger partial charge on any atom is -0.289 e. The molecule has 1 aromatic rings. The highest BCUT2D eigenvalue weighted by Crippen LogP contribution is 2.31. The van der Waals surface area contributed by atoms with Gasteiger partial charge >= 0.3 is 0 Å². The zero-order chi connectivity index (χ0) is 8.43. The molecule has 62 valence electrons. The summed E-state index contributed by atoms with van der Waals surface area (Å²) in [5, 5.41) is 0. The predicted molar refractivity (Wildman–Crippen MR) is 54.3 cm³/mol. The van der Waals surface area contributed by atoms with Crippen LogP contribution < -0.4 is 0 Å². The molecule has 0 bridgehead atoms. The molecule has 1 rings (SSSR count). The van der Waals surface area contributed by atoms with Crippen LogP contribution in [-0.4, -0.2) is 19.0 Å². The fourth-order valence-electron chi connectivity index (χ4n) is 0.711. The van der Waals surface area contributed by atoms with Gasteiger partial charge in [-0.1, -0.05) is 11.6 Å². The van der Waals surface area contributed by atoms with Crippen molar-refractivity contribution >= 4 is 38.9 Å². The molecule has 1 nitrogen and oxygen atoms in total. The first-order valence-electron chi connectivity index (χ1n) is 3.17. The summed E-state index contributed by atoms with van der Waals surface area (Å²) in [5.74, 6) is 0.